The standard InChI is InChI=1S/C23H16FNO2/c24-19-7-8-20-17(11-18(12-23(26)27)21(20)13-19)10-15-6-9-22(25-14-15)16-4-2-1-3-5-16/h1-11,13-14H,12H2,(H,26,27)/b17-10+. The fourth-order valence-corrected chi connectivity index (χ4v) is 3.26. The van der Waals surface area contributed by atoms with Gasteiger partial charge in [0.25, 0.3) is 0 Å². The molecule has 1 N–H and O–H groups in total. The van der Waals surface area contributed by atoms with E-state index in [0.717, 1.165) is 28.0 Å². The van der Waals surface area contributed by atoms with Gasteiger partial charge in [0, 0.05) is 11.8 Å². The number of carboxylic acids is 1. The first-order valence-corrected chi connectivity index (χ1v) is 8.56. The number of nitrogens with zero attached hydrogens (tertiary/aromatic N) is 1. The molecule has 3 nitrogen and oxygen atoms in total. The minimum atomic E-state index is -0.938. The predicted octanol–water partition coefficient (Wildman–Crippen LogP) is 5.30. The van der Waals surface area contributed by atoms with Crippen LogP contribution in [0.2, 0.25) is 0 Å². The van der Waals surface area contributed by atoms with Crippen molar-refractivity contribution in [1.82, 2.24) is 4.98 Å². The number of aromatic nitrogens is 1. The van der Waals surface area contributed by atoms with Crippen molar-refractivity contribution in [2.45, 2.75) is 6.42 Å². The molecule has 0 spiro atoms. The Morgan fingerprint density at radius 3 is 2.56 bits per heavy atom. The smallest absolute Gasteiger partial charge is 0.307 e. The number of allylic oxidation sites excluding steroid dienone is 2. The van der Waals surface area contributed by atoms with Gasteiger partial charge in [0.1, 0.15) is 5.82 Å². The summed E-state index contributed by atoms with van der Waals surface area (Å²) in [5.41, 5.74) is 5.76. The maximum absolute atomic E-state index is 13.6. The molecule has 0 saturated carbocycles. The maximum Gasteiger partial charge on any atom is 0.307 e. The van der Waals surface area contributed by atoms with Crippen molar-refractivity contribution < 1.29 is 14.3 Å². The second kappa shape index (κ2) is 7.00. The number of benzene rings is 2. The Balaban J connectivity index is 1.69. The zero-order valence-corrected chi connectivity index (χ0v) is 14.4. The van der Waals surface area contributed by atoms with Crippen molar-refractivity contribution in [2.75, 3.05) is 0 Å². The summed E-state index contributed by atoms with van der Waals surface area (Å²) < 4.78 is 13.6. The van der Waals surface area contributed by atoms with Gasteiger partial charge in [-0.3, -0.25) is 9.78 Å². The quantitative estimate of drug-likeness (QED) is 0.689. The summed E-state index contributed by atoms with van der Waals surface area (Å²) in [5.74, 6) is -1.31. The Labute approximate surface area is 156 Å². The Kier molecular flexibility index (Phi) is 4.38. The molecule has 2 aromatic carbocycles. The molecule has 1 aromatic heterocycles. The molecular weight excluding hydrogens is 341 g/mol. The second-order valence-electron chi connectivity index (χ2n) is 6.37. The Bertz CT molecular complexity index is 1070. The van der Waals surface area contributed by atoms with Crippen molar-refractivity contribution in [1.29, 1.82) is 0 Å². The highest BCUT2D eigenvalue weighted by molar-refractivity contribution is 6.04. The van der Waals surface area contributed by atoms with Crippen molar-refractivity contribution in [3.8, 4) is 11.3 Å². The fraction of sp³-hybridized carbons (Fsp3) is 0.0435. The lowest BCUT2D eigenvalue weighted by Gasteiger charge is -2.05. The lowest BCUT2D eigenvalue weighted by molar-refractivity contribution is -0.135. The minimum Gasteiger partial charge on any atom is -0.481 e. The van der Waals surface area contributed by atoms with Crippen LogP contribution in [0.1, 0.15) is 23.1 Å². The van der Waals surface area contributed by atoms with Crippen LogP contribution >= 0.6 is 0 Å². The molecule has 0 radical (unpaired) electrons. The molecule has 3 aromatic rings. The maximum atomic E-state index is 13.6. The van der Waals surface area contributed by atoms with Gasteiger partial charge < -0.3 is 5.11 Å². The van der Waals surface area contributed by atoms with E-state index in [9.17, 15) is 9.18 Å². The molecule has 0 bridgehead atoms. The number of halogens is 1. The molecule has 0 unspecified atom stereocenters. The van der Waals surface area contributed by atoms with E-state index in [1.54, 1.807) is 12.3 Å². The summed E-state index contributed by atoms with van der Waals surface area (Å²) in [5, 5.41) is 9.12. The topological polar surface area (TPSA) is 50.2 Å². The van der Waals surface area contributed by atoms with E-state index in [1.807, 2.05) is 54.6 Å². The van der Waals surface area contributed by atoms with E-state index in [4.69, 9.17) is 5.11 Å². The first kappa shape index (κ1) is 16.9. The Hall–Kier alpha value is -3.53. The highest BCUT2D eigenvalue weighted by Gasteiger charge is 2.20. The van der Waals surface area contributed by atoms with Gasteiger partial charge in [-0.2, -0.15) is 0 Å². The number of hydrogen-bond acceptors (Lipinski definition) is 2. The molecule has 0 atom stereocenters. The van der Waals surface area contributed by atoms with E-state index in [1.165, 1.54) is 12.1 Å². The summed E-state index contributed by atoms with van der Waals surface area (Å²) in [6, 6.07) is 18.3. The summed E-state index contributed by atoms with van der Waals surface area (Å²) in [6.07, 6.45) is 5.39. The normalized spacial score (nSPS) is 14.1. The summed E-state index contributed by atoms with van der Waals surface area (Å²) >= 11 is 0. The van der Waals surface area contributed by atoms with Gasteiger partial charge in [-0.05, 0) is 58.2 Å². The third kappa shape index (κ3) is 3.55. The van der Waals surface area contributed by atoms with Crippen molar-refractivity contribution in [3.63, 3.8) is 0 Å². The molecule has 1 aliphatic rings. The predicted molar refractivity (Wildman–Crippen MR) is 104 cm³/mol. The SMILES string of the molecule is O=C(O)CC1=C/C(=C\c2ccc(-c3ccccc3)nc2)c2ccc(F)cc21. The highest BCUT2D eigenvalue weighted by atomic mass is 19.1. The van der Waals surface area contributed by atoms with Gasteiger partial charge in [-0.1, -0.05) is 42.5 Å². The van der Waals surface area contributed by atoms with E-state index in [0.29, 0.717) is 11.1 Å². The number of pyridine rings is 1. The highest BCUT2D eigenvalue weighted by Crippen LogP contribution is 2.38. The van der Waals surface area contributed by atoms with Crippen LogP contribution in [0.4, 0.5) is 4.39 Å². The minimum absolute atomic E-state index is 0.140. The molecule has 1 aliphatic carbocycles. The number of hydrogen-bond donors (Lipinski definition) is 1. The average molecular weight is 357 g/mol. The first-order valence-electron chi connectivity index (χ1n) is 8.56. The summed E-state index contributed by atoms with van der Waals surface area (Å²) in [7, 11) is 0. The third-order valence-electron chi connectivity index (χ3n) is 4.49. The van der Waals surface area contributed by atoms with Crippen molar-refractivity contribution in [2.24, 2.45) is 0 Å². The molecule has 132 valence electrons. The van der Waals surface area contributed by atoms with Crippen LogP contribution in [-0.2, 0) is 4.79 Å². The molecule has 4 heteroatoms. The molecule has 1 heterocycles. The van der Waals surface area contributed by atoms with Gasteiger partial charge in [0.15, 0.2) is 0 Å². The number of fused-ring (bicyclic) bond motifs is 1. The van der Waals surface area contributed by atoms with Gasteiger partial charge in [-0.15, -0.1) is 0 Å². The molecule has 0 aliphatic heterocycles. The van der Waals surface area contributed by atoms with Crippen molar-refractivity contribution >= 4 is 23.2 Å². The summed E-state index contributed by atoms with van der Waals surface area (Å²) in [6.45, 7) is 0. The molecule has 27 heavy (non-hydrogen) atoms. The van der Waals surface area contributed by atoms with Gasteiger partial charge in [0.2, 0.25) is 0 Å². The molecule has 4 rings (SSSR count). The lowest BCUT2D eigenvalue weighted by atomic mass is 10.0. The number of carboxylic acid groups (broad SMARTS) is 1. The number of aliphatic carboxylic acids is 1. The first-order chi connectivity index (χ1) is 13.1. The largest absolute Gasteiger partial charge is 0.481 e. The second-order valence-corrected chi connectivity index (χ2v) is 6.37. The van der Waals surface area contributed by atoms with Gasteiger partial charge in [-0.25, -0.2) is 4.39 Å². The lowest BCUT2D eigenvalue weighted by Crippen LogP contribution is -1.96. The molecular formula is C23H16FNO2. The van der Waals surface area contributed by atoms with Gasteiger partial charge in [0.05, 0.1) is 12.1 Å². The fourth-order valence-electron chi connectivity index (χ4n) is 3.26. The average Bonchev–Trinajstić information content (AvgIpc) is 2.99. The van der Waals surface area contributed by atoms with E-state index in [-0.39, 0.29) is 12.2 Å². The van der Waals surface area contributed by atoms with E-state index >= 15 is 0 Å². The molecule has 0 fully saturated rings. The van der Waals surface area contributed by atoms with Crippen molar-refractivity contribution in [3.05, 3.63) is 95.4 Å². The van der Waals surface area contributed by atoms with Crippen LogP contribution < -0.4 is 0 Å². The zero-order chi connectivity index (χ0) is 18.8. The van der Waals surface area contributed by atoms with E-state index in [2.05, 4.69) is 4.98 Å². The Morgan fingerprint density at radius 1 is 1.04 bits per heavy atom. The zero-order valence-electron chi connectivity index (χ0n) is 14.4. The van der Waals surface area contributed by atoms with Crippen LogP contribution in [-0.4, -0.2) is 16.1 Å². The van der Waals surface area contributed by atoms with Crippen LogP contribution in [0.3, 0.4) is 0 Å². The van der Waals surface area contributed by atoms with Crippen LogP contribution in [0.5, 0.6) is 0 Å². The monoisotopic (exact) mass is 357 g/mol. The summed E-state index contributed by atoms with van der Waals surface area (Å²) in [4.78, 5) is 15.6. The Morgan fingerprint density at radius 2 is 1.85 bits per heavy atom. The molecule has 0 amide bonds. The van der Waals surface area contributed by atoms with E-state index < -0.39 is 5.97 Å². The van der Waals surface area contributed by atoms with Crippen LogP contribution in [0, 0.1) is 5.82 Å². The van der Waals surface area contributed by atoms with Crippen LogP contribution in [0.15, 0.2) is 72.9 Å². The number of carbonyl (C=O) groups is 1. The third-order valence-corrected chi connectivity index (χ3v) is 4.49. The van der Waals surface area contributed by atoms with Crippen LogP contribution in [0.25, 0.3) is 28.5 Å². The molecule has 0 saturated heterocycles. The number of rotatable bonds is 4. The van der Waals surface area contributed by atoms with Gasteiger partial charge >= 0.3 is 5.97 Å².